The topological polar surface area (TPSA) is 139 Å². The third kappa shape index (κ3) is 4.27. The van der Waals surface area contributed by atoms with Crippen molar-refractivity contribution in [3.8, 4) is 6.07 Å². The Morgan fingerprint density at radius 3 is 2.78 bits per heavy atom. The van der Waals surface area contributed by atoms with Crippen molar-refractivity contribution >= 4 is 34.4 Å². The first-order chi connectivity index (χ1) is 18.0. The van der Waals surface area contributed by atoms with Crippen LogP contribution in [0.1, 0.15) is 50.2 Å². The minimum Gasteiger partial charge on any atom is -0.408 e. The maximum Gasteiger partial charge on any atom is 0.417 e. The number of hydrogen-bond donors (Lipinski definition) is 4. The first kappa shape index (κ1) is 23.1. The van der Waals surface area contributed by atoms with Crippen molar-refractivity contribution in [2.45, 2.75) is 57.3 Å². The van der Waals surface area contributed by atoms with E-state index in [-0.39, 0.29) is 24.2 Å². The predicted octanol–water partition coefficient (Wildman–Crippen LogP) is 3.21. The average Bonchev–Trinajstić information content (AvgIpc) is 3.29. The summed E-state index contributed by atoms with van der Waals surface area (Å²) in [7, 11) is 0. The molecule has 2 fully saturated rings. The van der Waals surface area contributed by atoms with Crippen LogP contribution >= 0.6 is 0 Å². The Morgan fingerprint density at radius 2 is 1.97 bits per heavy atom. The quantitative estimate of drug-likeness (QED) is 0.436. The van der Waals surface area contributed by atoms with E-state index in [9.17, 15) is 14.9 Å². The molecule has 10 heteroatoms. The number of carbonyl (C=O) groups is 1. The van der Waals surface area contributed by atoms with Gasteiger partial charge in [0.1, 0.15) is 6.17 Å². The molecule has 6 rings (SSSR count). The number of benzene rings is 2. The van der Waals surface area contributed by atoms with E-state index in [4.69, 9.17) is 9.41 Å². The average molecular weight is 498 g/mol. The Bertz CT molecular complexity index is 1540. The summed E-state index contributed by atoms with van der Waals surface area (Å²) in [5.74, 6) is -0.0813. The second-order valence-corrected chi connectivity index (χ2v) is 9.72. The van der Waals surface area contributed by atoms with E-state index in [1.54, 1.807) is 24.3 Å². The van der Waals surface area contributed by atoms with Crippen LogP contribution in [-0.2, 0) is 4.79 Å². The zero-order chi connectivity index (χ0) is 25.5. The maximum absolute atomic E-state index is 13.1. The molecule has 1 amide bonds. The number of piperazine rings is 1. The zero-order valence-electron chi connectivity index (χ0n) is 20.4. The first-order valence-electron chi connectivity index (χ1n) is 12.6. The van der Waals surface area contributed by atoms with Gasteiger partial charge in [0.15, 0.2) is 5.58 Å². The normalized spacial score (nSPS) is 22.6. The fourth-order valence-electron chi connectivity index (χ4n) is 5.57. The van der Waals surface area contributed by atoms with Gasteiger partial charge in [-0.2, -0.15) is 5.26 Å². The SMILES string of the molecule is C[C@@H]1C(=O)NC2=C(c3cccc(C#N)c3)N=C(Nc3ccc4[nH]c(=O)oc4c3)NC2N1C1CCCCC1. The number of aromatic amines is 1. The number of aromatic nitrogens is 1. The van der Waals surface area contributed by atoms with Crippen LogP contribution in [-0.4, -0.2) is 40.0 Å². The van der Waals surface area contributed by atoms with Gasteiger partial charge in [0, 0.05) is 23.4 Å². The van der Waals surface area contributed by atoms with Crippen LogP contribution in [0, 0.1) is 11.3 Å². The Hall–Kier alpha value is -4.36. The molecule has 1 saturated heterocycles. The Kier molecular flexibility index (Phi) is 5.77. The summed E-state index contributed by atoms with van der Waals surface area (Å²) < 4.78 is 5.21. The molecule has 3 heterocycles. The third-order valence-electron chi connectivity index (χ3n) is 7.35. The minimum atomic E-state index is -0.512. The van der Waals surface area contributed by atoms with Crippen molar-refractivity contribution in [3.05, 3.63) is 69.8 Å². The van der Waals surface area contributed by atoms with Gasteiger partial charge in [-0.05, 0) is 44.0 Å². The molecule has 3 aliphatic rings. The van der Waals surface area contributed by atoms with E-state index < -0.39 is 5.76 Å². The van der Waals surface area contributed by atoms with Gasteiger partial charge >= 0.3 is 5.76 Å². The second-order valence-electron chi connectivity index (χ2n) is 9.72. The molecule has 0 bridgehead atoms. The number of rotatable bonds is 3. The van der Waals surface area contributed by atoms with Crippen LogP contribution in [0.5, 0.6) is 0 Å². The van der Waals surface area contributed by atoms with E-state index in [0.29, 0.717) is 39.7 Å². The van der Waals surface area contributed by atoms with Crippen LogP contribution in [0.2, 0.25) is 0 Å². The molecular formula is C27H27N7O3. The van der Waals surface area contributed by atoms with Crippen molar-refractivity contribution in [2.24, 2.45) is 4.99 Å². The van der Waals surface area contributed by atoms with Crippen molar-refractivity contribution in [3.63, 3.8) is 0 Å². The molecule has 0 spiro atoms. The predicted molar refractivity (Wildman–Crippen MR) is 139 cm³/mol. The number of nitrogens with one attached hydrogen (secondary N) is 4. The molecule has 2 aromatic carbocycles. The fraction of sp³-hybridized carbons (Fsp3) is 0.333. The highest BCUT2D eigenvalue weighted by molar-refractivity contribution is 6.01. The standard InChI is InChI=1S/C27H27N7O3/c1-15-25(35)31-23-22(17-7-5-6-16(12-17)14-28)32-26(33-24(23)34(15)19-8-3-2-4-9-19)29-18-10-11-20-21(13-18)37-27(36)30-20/h5-7,10-13,15,19,24H,2-4,8-9H2,1H3,(H,30,36)(H,31,35)(H2,29,32,33)/t15-,24?/m1/s1. The molecule has 10 nitrogen and oxygen atoms in total. The van der Waals surface area contributed by atoms with E-state index in [1.165, 1.54) is 6.42 Å². The Morgan fingerprint density at radius 1 is 1.14 bits per heavy atom. The number of oxazole rings is 1. The lowest BCUT2D eigenvalue weighted by Crippen LogP contribution is -2.67. The number of carbonyl (C=O) groups excluding carboxylic acids is 1. The number of aliphatic imine (C=N–C) groups is 1. The lowest BCUT2D eigenvalue weighted by molar-refractivity contribution is -0.130. The highest BCUT2D eigenvalue weighted by Crippen LogP contribution is 2.34. The molecule has 0 radical (unpaired) electrons. The summed E-state index contributed by atoms with van der Waals surface area (Å²) >= 11 is 0. The van der Waals surface area contributed by atoms with E-state index in [1.807, 2.05) is 25.1 Å². The largest absolute Gasteiger partial charge is 0.417 e. The highest BCUT2D eigenvalue weighted by atomic mass is 16.4. The maximum atomic E-state index is 13.1. The molecule has 1 aliphatic carbocycles. The fourth-order valence-corrected chi connectivity index (χ4v) is 5.57. The first-order valence-corrected chi connectivity index (χ1v) is 12.6. The lowest BCUT2D eigenvalue weighted by Gasteiger charge is -2.48. The summed E-state index contributed by atoms with van der Waals surface area (Å²) in [6, 6.07) is 14.7. The monoisotopic (exact) mass is 497 g/mol. The smallest absolute Gasteiger partial charge is 0.408 e. The molecular weight excluding hydrogens is 470 g/mol. The van der Waals surface area contributed by atoms with Crippen LogP contribution in [0.15, 0.2) is 62.4 Å². The van der Waals surface area contributed by atoms with Gasteiger partial charge in [-0.15, -0.1) is 0 Å². The summed E-state index contributed by atoms with van der Waals surface area (Å²) in [4.78, 5) is 34.5. The number of anilines is 1. The van der Waals surface area contributed by atoms with E-state index >= 15 is 0 Å². The number of guanidine groups is 1. The Balaban J connectivity index is 1.44. The number of nitrogens with zero attached hydrogens (tertiary/aromatic N) is 3. The lowest BCUT2D eigenvalue weighted by atomic mass is 9.90. The van der Waals surface area contributed by atoms with Crippen LogP contribution in [0.4, 0.5) is 5.69 Å². The number of amides is 1. The van der Waals surface area contributed by atoms with Crippen LogP contribution < -0.4 is 21.7 Å². The molecule has 2 aliphatic heterocycles. The van der Waals surface area contributed by atoms with Gasteiger partial charge in [-0.1, -0.05) is 31.4 Å². The molecule has 3 aromatic rings. The van der Waals surface area contributed by atoms with E-state index in [0.717, 1.165) is 31.2 Å². The van der Waals surface area contributed by atoms with Gasteiger partial charge in [0.2, 0.25) is 11.9 Å². The third-order valence-corrected chi connectivity index (χ3v) is 7.35. The number of fused-ring (bicyclic) bond motifs is 2. The number of H-pyrrole nitrogens is 1. The molecule has 4 N–H and O–H groups in total. The molecule has 37 heavy (non-hydrogen) atoms. The summed E-state index contributed by atoms with van der Waals surface area (Å²) in [6.45, 7) is 1.94. The van der Waals surface area contributed by atoms with Gasteiger partial charge in [-0.25, -0.2) is 9.79 Å². The summed E-state index contributed by atoms with van der Waals surface area (Å²) in [6.07, 6.45) is 5.24. The highest BCUT2D eigenvalue weighted by Gasteiger charge is 2.44. The van der Waals surface area contributed by atoms with Crippen molar-refractivity contribution in [1.29, 1.82) is 5.26 Å². The van der Waals surface area contributed by atoms with Gasteiger partial charge in [-0.3, -0.25) is 14.7 Å². The van der Waals surface area contributed by atoms with Gasteiger partial charge in [0.25, 0.3) is 0 Å². The number of nitriles is 1. The molecule has 1 unspecified atom stereocenters. The number of hydrogen-bond acceptors (Lipinski definition) is 8. The van der Waals surface area contributed by atoms with Crippen LogP contribution in [0.25, 0.3) is 16.8 Å². The minimum absolute atomic E-state index is 0.0629. The molecule has 1 aromatic heterocycles. The van der Waals surface area contributed by atoms with Gasteiger partial charge in [0.05, 0.1) is 34.6 Å². The van der Waals surface area contributed by atoms with E-state index in [2.05, 4.69) is 31.9 Å². The van der Waals surface area contributed by atoms with Crippen molar-refractivity contribution in [2.75, 3.05) is 5.32 Å². The zero-order valence-corrected chi connectivity index (χ0v) is 20.4. The second kappa shape index (κ2) is 9.26. The molecule has 1 saturated carbocycles. The summed E-state index contributed by atoms with van der Waals surface area (Å²) in [5, 5.41) is 19.4. The van der Waals surface area contributed by atoms with Gasteiger partial charge < -0.3 is 20.4 Å². The Labute approximate surface area is 213 Å². The van der Waals surface area contributed by atoms with Crippen molar-refractivity contribution in [1.82, 2.24) is 20.5 Å². The molecule has 188 valence electrons. The summed E-state index contributed by atoms with van der Waals surface area (Å²) in [5.41, 5.74) is 4.26. The van der Waals surface area contributed by atoms with Crippen LogP contribution in [0.3, 0.4) is 0 Å². The molecule has 2 atom stereocenters. The van der Waals surface area contributed by atoms with Crippen molar-refractivity contribution < 1.29 is 9.21 Å².